The molecule has 0 aliphatic rings. The highest BCUT2D eigenvalue weighted by atomic mass is 16.4. The second-order valence-corrected chi connectivity index (χ2v) is 6.11. The lowest BCUT2D eigenvalue weighted by atomic mass is 9.86. The Morgan fingerprint density at radius 2 is 1.90 bits per heavy atom. The minimum atomic E-state index is -0.947. The minimum absolute atomic E-state index is 0.0919. The Morgan fingerprint density at radius 1 is 1.25 bits per heavy atom. The fourth-order valence-corrected chi connectivity index (χ4v) is 2.22. The second-order valence-electron chi connectivity index (χ2n) is 6.11. The van der Waals surface area contributed by atoms with Crippen molar-refractivity contribution in [1.82, 2.24) is 9.78 Å². The molecule has 0 aliphatic carbocycles. The van der Waals surface area contributed by atoms with E-state index in [1.54, 1.807) is 11.6 Å². The molecular weight excluding hydrogens is 252 g/mol. The van der Waals surface area contributed by atoms with Gasteiger partial charge in [0.1, 0.15) is 5.56 Å². The van der Waals surface area contributed by atoms with Crippen molar-refractivity contribution in [2.45, 2.75) is 40.0 Å². The van der Waals surface area contributed by atoms with Crippen molar-refractivity contribution in [1.29, 1.82) is 0 Å². The van der Waals surface area contributed by atoms with E-state index in [2.05, 4.69) is 38.0 Å². The topological polar surface area (TPSA) is 55.1 Å². The molecule has 0 fully saturated rings. The van der Waals surface area contributed by atoms with Gasteiger partial charge in [-0.05, 0) is 36.5 Å². The van der Waals surface area contributed by atoms with Crippen molar-refractivity contribution in [3.8, 4) is 5.69 Å². The van der Waals surface area contributed by atoms with Gasteiger partial charge in [0.2, 0.25) is 0 Å². The summed E-state index contributed by atoms with van der Waals surface area (Å²) < 4.78 is 1.69. The molecule has 1 aromatic heterocycles. The van der Waals surface area contributed by atoms with Crippen molar-refractivity contribution in [3.63, 3.8) is 0 Å². The van der Waals surface area contributed by atoms with Crippen LogP contribution in [-0.4, -0.2) is 20.9 Å². The molecule has 0 aliphatic heterocycles. The smallest absolute Gasteiger partial charge is 0.339 e. The second kappa shape index (κ2) is 4.78. The molecule has 1 aromatic carbocycles. The first kappa shape index (κ1) is 14.3. The molecule has 4 nitrogen and oxygen atoms in total. The highest BCUT2D eigenvalue weighted by Gasteiger charge is 2.17. The molecule has 0 amide bonds. The summed E-state index contributed by atoms with van der Waals surface area (Å²) >= 11 is 0. The van der Waals surface area contributed by atoms with E-state index in [9.17, 15) is 4.79 Å². The van der Waals surface area contributed by atoms with Gasteiger partial charge in [-0.3, -0.25) is 0 Å². The van der Waals surface area contributed by atoms with Crippen LogP contribution in [0.15, 0.2) is 24.4 Å². The third-order valence-electron chi connectivity index (χ3n) is 3.53. The zero-order valence-corrected chi connectivity index (χ0v) is 12.6. The predicted octanol–water partition coefficient (Wildman–Crippen LogP) is 3.48. The molecule has 1 N–H and O–H groups in total. The maximum atomic E-state index is 11.1. The van der Waals surface area contributed by atoms with Crippen LogP contribution in [0.1, 0.15) is 48.0 Å². The molecule has 20 heavy (non-hydrogen) atoms. The third-order valence-corrected chi connectivity index (χ3v) is 3.53. The Hall–Kier alpha value is -2.10. The van der Waals surface area contributed by atoms with E-state index >= 15 is 0 Å². The van der Waals surface area contributed by atoms with Crippen molar-refractivity contribution in [3.05, 3.63) is 46.8 Å². The monoisotopic (exact) mass is 272 g/mol. The number of benzene rings is 1. The van der Waals surface area contributed by atoms with Gasteiger partial charge in [0.15, 0.2) is 0 Å². The summed E-state index contributed by atoms with van der Waals surface area (Å²) in [6.45, 7) is 10.3. The highest BCUT2D eigenvalue weighted by molar-refractivity contribution is 5.88. The van der Waals surface area contributed by atoms with E-state index in [4.69, 9.17) is 5.11 Å². The molecule has 2 aromatic rings. The lowest BCUT2D eigenvalue weighted by Crippen LogP contribution is -2.12. The first-order valence-corrected chi connectivity index (χ1v) is 6.61. The summed E-state index contributed by atoms with van der Waals surface area (Å²) in [4.78, 5) is 11.1. The number of aryl methyl sites for hydroxylation is 1. The van der Waals surface area contributed by atoms with Crippen LogP contribution in [-0.2, 0) is 5.41 Å². The average Bonchev–Trinajstić information content (AvgIpc) is 2.70. The zero-order valence-electron chi connectivity index (χ0n) is 12.6. The van der Waals surface area contributed by atoms with Crippen LogP contribution in [0.2, 0.25) is 0 Å². The summed E-state index contributed by atoms with van der Waals surface area (Å²) in [6, 6.07) is 6.21. The number of rotatable bonds is 2. The van der Waals surface area contributed by atoms with Crippen molar-refractivity contribution in [2.75, 3.05) is 0 Å². The lowest BCUT2D eigenvalue weighted by Gasteiger charge is -2.20. The fraction of sp³-hybridized carbons (Fsp3) is 0.375. The first-order chi connectivity index (χ1) is 9.21. The van der Waals surface area contributed by atoms with E-state index in [0.717, 1.165) is 11.3 Å². The van der Waals surface area contributed by atoms with Gasteiger partial charge in [0.25, 0.3) is 0 Å². The largest absolute Gasteiger partial charge is 0.478 e. The average molecular weight is 272 g/mol. The Bertz CT molecular complexity index is 664. The quantitative estimate of drug-likeness (QED) is 0.910. The van der Waals surface area contributed by atoms with Crippen LogP contribution in [0, 0.1) is 13.8 Å². The van der Waals surface area contributed by atoms with Crippen LogP contribution in [0.3, 0.4) is 0 Å². The third kappa shape index (κ3) is 2.46. The molecule has 0 bridgehead atoms. The number of hydrogen-bond donors (Lipinski definition) is 1. The number of aromatic carboxylic acids is 1. The van der Waals surface area contributed by atoms with E-state index in [1.165, 1.54) is 11.8 Å². The van der Waals surface area contributed by atoms with Gasteiger partial charge in [-0.15, -0.1) is 0 Å². The van der Waals surface area contributed by atoms with Crippen LogP contribution in [0.4, 0.5) is 0 Å². The van der Waals surface area contributed by atoms with E-state index in [-0.39, 0.29) is 11.0 Å². The molecule has 0 saturated carbocycles. The van der Waals surface area contributed by atoms with E-state index in [1.807, 2.05) is 13.0 Å². The molecule has 2 rings (SSSR count). The normalized spacial score (nSPS) is 11.7. The standard InChI is InChI=1S/C16H20N2O2/c1-10-8-12(16(3,4)5)6-7-14(10)18-11(2)13(9-17-18)15(19)20/h6-9H,1-5H3,(H,19,20). The summed E-state index contributed by atoms with van der Waals surface area (Å²) in [5, 5.41) is 13.3. The molecule has 0 radical (unpaired) electrons. The molecule has 1 heterocycles. The lowest BCUT2D eigenvalue weighted by molar-refractivity contribution is 0.0696. The molecular formula is C16H20N2O2. The number of carboxylic acids is 1. The minimum Gasteiger partial charge on any atom is -0.478 e. The van der Waals surface area contributed by atoms with Gasteiger partial charge in [-0.1, -0.05) is 32.9 Å². The van der Waals surface area contributed by atoms with Crippen LogP contribution in [0.5, 0.6) is 0 Å². The van der Waals surface area contributed by atoms with Crippen LogP contribution in [0.25, 0.3) is 5.69 Å². The molecule has 0 unspecified atom stereocenters. The summed E-state index contributed by atoms with van der Waals surface area (Å²) in [7, 11) is 0. The first-order valence-electron chi connectivity index (χ1n) is 6.61. The van der Waals surface area contributed by atoms with E-state index in [0.29, 0.717) is 5.69 Å². The van der Waals surface area contributed by atoms with Crippen molar-refractivity contribution >= 4 is 5.97 Å². The van der Waals surface area contributed by atoms with Gasteiger partial charge in [-0.25, -0.2) is 9.48 Å². The van der Waals surface area contributed by atoms with Gasteiger partial charge in [-0.2, -0.15) is 5.10 Å². The fourth-order valence-electron chi connectivity index (χ4n) is 2.22. The number of carboxylic acid groups (broad SMARTS) is 1. The molecule has 4 heteroatoms. The molecule has 106 valence electrons. The van der Waals surface area contributed by atoms with Crippen molar-refractivity contribution in [2.24, 2.45) is 0 Å². The number of hydrogen-bond acceptors (Lipinski definition) is 2. The number of nitrogens with zero attached hydrogens (tertiary/aromatic N) is 2. The Kier molecular flexibility index (Phi) is 3.42. The molecule has 0 atom stereocenters. The number of carbonyl (C=O) groups is 1. The van der Waals surface area contributed by atoms with Gasteiger partial charge in [0, 0.05) is 0 Å². The van der Waals surface area contributed by atoms with Crippen molar-refractivity contribution < 1.29 is 9.90 Å². The molecule has 0 saturated heterocycles. The maximum absolute atomic E-state index is 11.1. The Morgan fingerprint density at radius 3 is 2.35 bits per heavy atom. The van der Waals surface area contributed by atoms with Gasteiger partial charge >= 0.3 is 5.97 Å². The predicted molar refractivity (Wildman–Crippen MR) is 78.7 cm³/mol. The Balaban J connectivity index is 2.52. The van der Waals surface area contributed by atoms with E-state index < -0.39 is 5.97 Å². The highest BCUT2D eigenvalue weighted by Crippen LogP contribution is 2.26. The zero-order chi connectivity index (χ0) is 15.1. The van der Waals surface area contributed by atoms with Gasteiger partial charge in [0.05, 0.1) is 17.6 Å². The summed E-state index contributed by atoms with van der Waals surface area (Å²) in [5.41, 5.74) is 4.23. The Labute approximate surface area is 119 Å². The maximum Gasteiger partial charge on any atom is 0.339 e. The summed E-state index contributed by atoms with van der Waals surface area (Å²) in [6.07, 6.45) is 1.40. The summed E-state index contributed by atoms with van der Waals surface area (Å²) in [5.74, 6) is -0.947. The number of aromatic nitrogens is 2. The van der Waals surface area contributed by atoms with Crippen LogP contribution >= 0.6 is 0 Å². The SMILES string of the molecule is Cc1cc(C(C)(C)C)ccc1-n1ncc(C(=O)O)c1C. The van der Waals surface area contributed by atoms with Gasteiger partial charge < -0.3 is 5.11 Å². The molecule has 0 spiro atoms. The van der Waals surface area contributed by atoms with Crippen LogP contribution < -0.4 is 0 Å².